The minimum atomic E-state index is -2.95. The van der Waals surface area contributed by atoms with Crippen LogP contribution < -0.4 is 21.1 Å². The fourth-order valence-corrected chi connectivity index (χ4v) is 3.46. The number of methoxy groups -OCH3 is 1. The van der Waals surface area contributed by atoms with Crippen molar-refractivity contribution >= 4 is 25.9 Å². The quantitative estimate of drug-likeness (QED) is 0.259. The van der Waals surface area contributed by atoms with Gasteiger partial charge in [0.05, 0.1) is 13.7 Å². The van der Waals surface area contributed by atoms with Gasteiger partial charge in [0.15, 0.2) is 0 Å². The molecular weight excluding hydrogens is 433 g/mol. The van der Waals surface area contributed by atoms with Gasteiger partial charge in [0.25, 0.3) is 5.91 Å². The van der Waals surface area contributed by atoms with Gasteiger partial charge in [-0.2, -0.15) is 4.98 Å². The van der Waals surface area contributed by atoms with Crippen LogP contribution in [0.5, 0.6) is 5.75 Å². The highest BCUT2D eigenvalue weighted by Gasteiger charge is 2.16. The van der Waals surface area contributed by atoms with Crippen LogP contribution >= 0.6 is 8.25 Å². The Morgan fingerprint density at radius 1 is 1.25 bits per heavy atom. The number of hydrogen-bond acceptors (Lipinski definition) is 8. The van der Waals surface area contributed by atoms with Crippen molar-refractivity contribution < 1.29 is 23.5 Å². The predicted molar refractivity (Wildman–Crippen MR) is 125 cm³/mol. The van der Waals surface area contributed by atoms with Crippen molar-refractivity contribution in [2.24, 2.45) is 0 Å². The van der Waals surface area contributed by atoms with Crippen LogP contribution in [0.1, 0.15) is 53.4 Å². The molecule has 0 aliphatic carbocycles. The van der Waals surface area contributed by atoms with E-state index >= 15 is 0 Å². The number of nitrogen functional groups attached to an aromatic ring is 1. The summed E-state index contributed by atoms with van der Waals surface area (Å²) in [5.74, 6) is 1.29. The lowest BCUT2D eigenvalue weighted by atomic mass is 10.0. The highest BCUT2D eigenvalue weighted by Crippen LogP contribution is 2.27. The first kappa shape index (κ1) is 25.6. The SMILES string of the molecule is CCCCNc1nc(N)nc(C)c1Cc1cc(C(=O)NCCCO[PH](=O)O)ccc1OC. The summed E-state index contributed by atoms with van der Waals surface area (Å²) in [6.45, 7) is 5.20. The second kappa shape index (κ2) is 13.0. The number of aromatic nitrogens is 2. The van der Waals surface area contributed by atoms with Crippen molar-refractivity contribution in [2.45, 2.75) is 39.5 Å². The number of amides is 1. The second-order valence-corrected chi connectivity index (χ2v) is 8.02. The topological polar surface area (TPSA) is 149 Å². The van der Waals surface area contributed by atoms with Crippen molar-refractivity contribution in [3.63, 3.8) is 0 Å². The number of aryl methyl sites for hydroxylation is 1. The molecule has 1 aromatic carbocycles. The van der Waals surface area contributed by atoms with Gasteiger partial charge in [-0.15, -0.1) is 0 Å². The smallest absolute Gasteiger partial charge is 0.316 e. The van der Waals surface area contributed by atoms with E-state index in [0.717, 1.165) is 36.2 Å². The van der Waals surface area contributed by atoms with Crippen molar-refractivity contribution in [1.29, 1.82) is 0 Å². The van der Waals surface area contributed by atoms with E-state index < -0.39 is 8.25 Å². The van der Waals surface area contributed by atoms with E-state index in [1.54, 1.807) is 25.3 Å². The average molecular weight is 465 g/mol. The van der Waals surface area contributed by atoms with Crippen molar-refractivity contribution in [2.75, 3.05) is 37.9 Å². The molecule has 176 valence electrons. The van der Waals surface area contributed by atoms with Crippen LogP contribution in [0.25, 0.3) is 0 Å². The van der Waals surface area contributed by atoms with E-state index in [-0.39, 0.29) is 18.5 Å². The Labute approximate surface area is 188 Å². The van der Waals surface area contributed by atoms with Crippen LogP contribution in [-0.4, -0.2) is 47.6 Å². The number of anilines is 2. The average Bonchev–Trinajstić information content (AvgIpc) is 2.75. The Balaban J connectivity index is 2.19. The Kier molecular flexibility index (Phi) is 10.4. The lowest BCUT2D eigenvalue weighted by Crippen LogP contribution is -2.25. The summed E-state index contributed by atoms with van der Waals surface area (Å²) in [7, 11) is -1.36. The molecule has 0 spiro atoms. The molecule has 0 saturated heterocycles. The lowest BCUT2D eigenvalue weighted by Gasteiger charge is -2.16. The minimum Gasteiger partial charge on any atom is -0.496 e. The fourth-order valence-electron chi connectivity index (χ4n) is 3.14. The van der Waals surface area contributed by atoms with Gasteiger partial charge in [0, 0.05) is 36.3 Å². The summed E-state index contributed by atoms with van der Waals surface area (Å²) >= 11 is 0. The molecule has 0 bridgehead atoms. The Morgan fingerprint density at radius 3 is 2.72 bits per heavy atom. The Morgan fingerprint density at radius 2 is 2.03 bits per heavy atom. The molecule has 11 heteroatoms. The molecule has 5 N–H and O–H groups in total. The predicted octanol–water partition coefficient (Wildman–Crippen LogP) is 2.70. The van der Waals surface area contributed by atoms with Crippen LogP contribution in [0.2, 0.25) is 0 Å². The number of carbonyl (C=O) groups is 1. The molecule has 0 fully saturated rings. The van der Waals surface area contributed by atoms with Gasteiger partial charge in [-0.3, -0.25) is 9.36 Å². The number of nitrogens with two attached hydrogens (primary N) is 1. The molecular formula is C21H32N5O5P. The van der Waals surface area contributed by atoms with E-state index in [2.05, 4.69) is 32.0 Å². The fraction of sp³-hybridized carbons (Fsp3) is 0.476. The summed E-state index contributed by atoms with van der Waals surface area (Å²) in [6.07, 6.45) is 2.95. The van der Waals surface area contributed by atoms with Crippen LogP contribution in [0.15, 0.2) is 18.2 Å². The van der Waals surface area contributed by atoms with Crippen molar-refractivity contribution in [3.05, 3.63) is 40.6 Å². The molecule has 32 heavy (non-hydrogen) atoms. The van der Waals surface area contributed by atoms with E-state index in [1.807, 2.05) is 6.92 Å². The van der Waals surface area contributed by atoms with Crippen LogP contribution in [-0.2, 0) is 15.5 Å². The number of ether oxygens (including phenoxy) is 1. The third kappa shape index (κ3) is 7.78. The number of nitrogens with zero attached hydrogens (tertiary/aromatic N) is 2. The summed E-state index contributed by atoms with van der Waals surface area (Å²) in [5.41, 5.74) is 8.80. The van der Waals surface area contributed by atoms with Crippen LogP contribution in [0.3, 0.4) is 0 Å². The van der Waals surface area contributed by atoms with Crippen molar-refractivity contribution in [1.82, 2.24) is 15.3 Å². The van der Waals surface area contributed by atoms with Gasteiger partial charge in [0.2, 0.25) is 5.95 Å². The molecule has 1 heterocycles. The zero-order valence-corrected chi connectivity index (χ0v) is 19.7. The van der Waals surface area contributed by atoms with E-state index in [0.29, 0.717) is 36.5 Å². The van der Waals surface area contributed by atoms with Gasteiger partial charge < -0.3 is 30.5 Å². The molecule has 1 unspecified atom stereocenters. The Bertz CT molecular complexity index is 941. The first-order chi connectivity index (χ1) is 15.3. The number of benzene rings is 1. The highest BCUT2D eigenvalue weighted by atomic mass is 31.1. The normalized spacial score (nSPS) is 11.8. The molecule has 1 aromatic heterocycles. The van der Waals surface area contributed by atoms with E-state index in [9.17, 15) is 9.36 Å². The molecule has 2 rings (SSSR count). The highest BCUT2D eigenvalue weighted by molar-refractivity contribution is 7.32. The molecule has 2 aromatic rings. The van der Waals surface area contributed by atoms with Gasteiger partial charge in [-0.05, 0) is 43.5 Å². The third-order valence-corrected chi connectivity index (χ3v) is 5.25. The maximum atomic E-state index is 12.5. The van der Waals surface area contributed by atoms with Crippen LogP contribution in [0, 0.1) is 6.92 Å². The van der Waals surface area contributed by atoms with Gasteiger partial charge in [0.1, 0.15) is 11.6 Å². The minimum absolute atomic E-state index is 0.104. The molecule has 0 saturated carbocycles. The van der Waals surface area contributed by atoms with Crippen molar-refractivity contribution in [3.8, 4) is 5.75 Å². The first-order valence-electron chi connectivity index (χ1n) is 10.5. The van der Waals surface area contributed by atoms with Gasteiger partial charge >= 0.3 is 8.25 Å². The molecule has 1 atom stereocenters. The number of nitrogens with one attached hydrogen (secondary N) is 2. The standard InChI is InChI=1S/C21H32N5O5P/c1-4-5-9-23-19-17(14(2)25-21(22)26-19)13-16-12-15(7-8-18(16)30-3)20(27)24-10-6-11-31-32(28)29/h7-8,12,32H,4-6,9-11,13H2,1-3H3,(H,24,27)(H,28,29)(H3,22,23,25,26). The number of hydrogen-bond donors (Lipinski definition) is 4. The first-order valence-corrected chi connectivity index (χ1v) is 11.8. The maximum Gasteiger partial charge on any atom is 0.316 e. The molecule has 1 amide bonds. The lowest BCUT2D eigenvalue weighted by molar-refractivity contribution is 0.0951. The van der Waals surface area contributed by atoms with Gasteiger partial charge in [-0.1, -0.05) is 13.3 Å². The number of unbranched alkanes of at least 4 members (excludes halogenated alkanes) is 1. The maximum absolute atomic E-state index is 12.5. The summed E-state index contributed by atoms with van der Waals surface area (Å²) in [5, 5.41) is 6.12. The summed E-state index contributed by atoms with van der Waals surface area (Å²) in [4.78, 5) is 29.9. The number of rotatable bonds is 13. The zero-order valence-electron chi connectivity index (χ0n) is 18.7. The summed E-state index contributed by atoms with van der Waals surface area (Å²) in [6, 6.07) is 5.22. The largest absolute Gasteiger partial charge is 0.496 e. The van der Waals surface area contributed by atoms with Crippen LogP contribution in [0.4, 0.5) is 11.8 Å². The monoisotopic (exact) mass is 465 g/mol. The van der Waals surface area contributed by atoms with E-state index in [1.165, 1.54) is 0 Å². The molecule has 10 nitrogen and oxygen atoms in total. The Hall–Kier alpha value is -2.68. The third-order valence-electron chi connectivity index (χ3n) is 4.80. The zero-order chi connectivity index (χ0) is 23.5. The second-order valence-electron chi connectivity index (χ2n) is 7.20. The number of carbonyl (C=O) groups excluding carboxylic acids is 1. The molecule has 0 radical (unpaired) electrons. The summed E-state index contributed by atoms with van der Waals surface area (Å²) < 4.78 is 20.7. The van der Waals surface area contributed by atoms with E-state index in [4.69, 9.17) is 15.4 Å². The van der Waals surface area contributed by atoms with Gasteiger partial charge in [-0.25, -0.2) is 4.98 Å². The molecule has 0 aliphatic rings. The molecule has 0 aliphatic heterocycles.